The molecule has 1 heteroatoms. The van der Waals surface area contributed by atoms with Crippen LogP contribution >= 0.6 is 0 Å². The third-order valence-electron chi connectivity index (χ3n) is 2.22. The smallest absolute Gasteiger partial charge is 0.00773 e. The quantitative estimate of drug-likeness (QED) is 0.428. The number of allylic oxidation sites excluding steroid dienone is 2. The van der Waals surface area contributed by atoms with Crippen molar-refractivity contribution in [2.75, 3.05) is 6.54 Å². The predicted octanol–water partition coefficient (Wildman–Crippen LogP) is 3.64. The van der Waals surface area contributed by atoms with Crippen LogP contribution in [-0.4, -0.2) is 6.54 Å². The third-order valence-corrected chi connectivity index (χ3v) is 2.22. The minimum atomic E-state index is 0.854. The summed E-state index contributed by atoms with van der Waals surface area (Å²) in [6, 6.07) is 0. The fourth-order valence-electron chi connectivity index (χ4n) is 1.32. The number of nitrogens with two attached hydrogens (primary N) is 1. The summed E-state index contributed by atoms with van der Waals surface area (Å²) < 4.78 is 0. The van der Waals surface area contributed by atoms with Crippen molar-refractivity contribution in [1.82, 2.24) is 0 Å². The van der Waals surface area contributed by atoms with Gasteiger partial charge in [-0.2, -0.15) is 0 Å². The van der Waals surface area contributed by atoms with Gasteiger partial charge in [0.15, 0.2) is 0 Å². The normalized spacial score (nSPS) is 11.2. The first-order valence-electron chi connectivity index (χ1n) is 5.77. The van der Waals surface area contributed by atoms with Crippen molar-refractivity contribution in [3.8, 4) is 0 Å². The predicted molar refractivity (Wildman–Crippen MR) is 60.8 cm³/mol. The van der Waals surface area contributed by atoms with Crippen LogP contribution in [0.3, 0.4) is 0 Å². The van der Waals surface area contributed by atoms with Crippen LogP contribution < -0.4 is 5.73 Å². The summed E-state index contributed by atoms with van der Waals surface area (Å²) in [6.45, 7) is 3.09. The molecule has 0 heterocycles. The molecule has 0 amide bonds. The van der Waals surface area contributed by atoms with Crippen LogP contribution in [0.15, 0.2) is 12.2 Å². The number of rotatable bonds is 9. The van der Waals surface area contributed by atoms with Gasteiger partial charge in [0.05, 0.1) is 0 Å². The van der Waals surface area contributed by atoms with E-state index in [0.717, 1.165) is 6.54 Å². The van der Waals surface area contributed by atoms with E-state index in [-0.39, 0.29) is 0 Å². The molecule has 0 bridgehead atoms. The summed E-state index contributed by atoms with van der Waals surface area (Å²) >= 11 is 0. The monoisotopic (exact) mass is 183 g/mol. The van der Waals surface area contributed by atoms with Crippen molar-refractivity contribution >= 4 is 0 Å². The average molecular weight is 183 g/mol. The van der Waals surface area contributed by atoms with E-state index in [2.05, 4.69) is 19.1 Å². The highest BCUT2D eigenvalue weighted by Crippen LogP contribution is 2.04. The molecular formula is C12H25N. The van der Waals surface area contributed by atoms with Gasteiger partial charge < -0.3 is 5.73 Å². The van der Waals surface area contributed by atoms with E-state index in [1.54, 1.807) is 0 Å². The molecule has 0 fully saturated rings. The minimum Gasteiger partial charge on any atom is -0.330 e. The summed E-state index contributed by atoms with van der Waals surface area (Å²) in [4.78, 5) is 0. The molecule has 0 saturated carbocycles. The SMILES string of the molecule is CCCC/C=C\CCCCCCN. The van der Waals surface area contributed by atoms with Crippen molar-refractivity contribution < 1.29 is 0 Å². The highest BCUT2D eigenvalue weighted by atomic mass is 14.5. The Morgan fingerprint density at radius 1 is 0.846 bits per heavy atom. The van der Waals surface area contributed by atoms with Gasteiger partial charge in [-0.15, -0.1) is 0 Å². The molecule has 0 rings (SSSR count). The highest BCUT2D eigenvalue weighted by Gasteiger charge is 1.86. The largest absolute Gasteiger partial charge is 0.330 e. The summed E-state index contributed by atoms with van der Waals surface area (Å²) in [6.07, 6.45) is 15.0. The Morgan fingerprint density at radius 2 is 1.46 bits per heavy atom. The standard InChI is InChI=1S/C12H25N/c1-2-3-4-5-6-7-8-9-10-11-12-13/h5-6H,2-4,7-13H2,1H3/b6-5-. The number of hydrogen-bond acceptors (Lipinski definition) is 1. The molecule has 0 aliphatic heterocycles. The molecular weight excluding hydrogens is 158 g/mol. The first-order valence-corrected chi connectivity index (χ1v) is 5.77. The van der Waals surface area contributed by atoms with Crippen LogP contribution in [0.2, 0.25) is 0 Å². The Bertz CT molecular complexity index is 108. The van der Waals surface area contributed by atoms with Crippen LogP contribution in [0.1, 0.15) is 58.3 Å². The Balaban J connectivity index is 2.93. The summed E-state index contributed by atoms with van der Waals surface area (Å²) in [7, 11) is 0. The molecule has 0 unspecified atom stereocenters. The van der Waals surface area contributed by atoms with E-state index in [4.69, 9.17) is 5.73 Å². The zero-order chi connectivity index (χ0) is 9.78. The molecule has 78 valence electrons. The minimum absolute atomic E-state index is 0.854. The number of unbranched alkanes of at least 4 members (excludes halogenated alkanes) is 6. The van der Waals surface area contributed by atoms with Gasteiger partial charge in [0, 0.05) is 0 Å². The average Bonchev–Trinajstić information content (AvgIpc) is 2.16. The lowest BCUT2D eigenvalue weighted by Crippen LogP contribution is -1.97. The zero-order valence-corrected chi connectivity index (χ0v) is 9.10. The van der Waals surface area contributed by atoms with E-state index in [1.165, 1.54) is 51.4 Å². The van der Waals surface area contributed by atoms with E-state index < -0.39 is 0 Å². The van der Waals surface area contributed by atoms with Crippen molar-refractivity contribution in [3.63, 3.8) is 0 Å². The molecule has 0 aromatic carbocycles. The second-order valence-corrected chi connectivity index (χ2v) is 3.61. The van der Waals surface area contributed by atoms with Crippen LogP contribution in [0.4, 0.5) is 0 Å². The first-order chi connectivity index (χ1) is 6.41. The van der Waals surface area contributed by atoms with Crippen molar-refractivity contribution in [1.29, 1.82) is 0 Å². The molecule has 0 radical (unpaired) electrons. The van der Waals surface area contributed by atoms with Gasteiger partial charge in [0.25, 0.3) is 0 Å². The third kappa shape index (κ3) is 11.7. The molecule has 0 atom stereocenters. The zero-order valence-electron chi connectivity index (χ0n) is 9.10. The Morgan fingerprint density at radius 3 is 2.08 bits per heavy atom. The van der Waals surface area contributed by atoms with Gasteiger partial charge in [-0.25, -0.2) is 0 Å². The van der Waals surface area contributed by atoms with Crippen LogP contribution in [0.25, 0.3) is 0 Å². The molecule has 0 aliphatic rings. The summed E-state index contributed by atoms with van der Waals surface area (Å²) in [5.41, 5.74) is 5.41. The first kappa shape index (κ1) is 12.7. The topological polar surface area (TPSA) is 26.0 Å². The van der Waals surface area contributed by atoms with Crippen LogP contribution in [-0.2, 0) is 0 Å². The molecule has 0 spiro atoms. The molecule has 13 heavy (non-hydrogen) atoms. The Labute approximate surface area is 83.4 Å². The molecule has 1 nitrogen and oxygen atoms in total. The Hall–Kier alpha value is -0.300. The maximum Gasteiger partial charge on any atom is -0.00773 e. The fourth-order valence-corrected chi connectivity index (χ4v) is 1.32. The van der Waals surface area contributed by atoms with Gasteiger partial charge in [-0.1, -0.05) is 44.8 Å². The molecule has 2 N–H and O–H groups in total. The molecule has 0 aliphatic carbocycles. The Kier molecular flexibility index (Phi) is 11.4. The van der Waals surface area contributed by atoms with Crippen molar-refractivity contribution in [2.24, 2.45) is 5.73 Å². The van der Waals surface area contributed by atoms with Gasteiger partial charge in [0.1, 0.15) is 0 Å². The van der Waals surface area contributed by atoms with Gasteiger partial charge in [-0.05, 0) is 32.2 Å². The fraction of sp³-hybridized carbons (Fsp3) is 0.833. The van der Waals surface area contributed by atoms with Gasteiger partial charge in [-0.3, -0.25) is 0 Å². The van der Waals surface area contributed by atoms with E-state index in [9.17, 15) is 0 Å². The maximum atomic E-state index is 5.41. The lowest BCUT2D eigenvalue weighted by molar-refractivity contribution is 0.652. The van der Waals surface area contributed by atoms with Crippen LogP contribution in [0.5, 0.6) is 0 Å². The lowest BCUT2D eigenvalue weighted by Gasteiger charge is -1.96. The lowest BCUT2D eigenvalue weighted by atomic mass is 10.1. The molecule has 0 saturated heterocycles. The molecule has 0 aromatic rings. The number of hydrogen-bond donors (Lipinski definition) is 1. The van der Waals surface area contributed by atoms with Crippen LogP contribution in [0, 0.1) is 0 Å². The summed E-state index contributed by atoms with van der Waals surface area (Å²) in [5, 5.41) is 0. The maximum absolute atomic E-state index is 5.41. The second-order valence-electron chi connectivity index (χ2n) is 3.61. The second kappa shape index (κ2) is 11.7. The van der Waals surface area contributed by atoms with Gasteiger partial charge >= 0.3 is 0 Å². The highest BCUT2D eigenvalue weighted by molar-refractivity contribution is 4.80. The van der Waals surface area contributed by atoms with Gasteiger partial charge in [0.2, 0.25) is 0 Å². The molecule has 0 aromatic heterocycles. The van der Waals surface area contributed by atoms with E-state index in [1.807, 2.05) is 0 Å². The van der Waals surface area contributed by atoms with Crippen molar-refractivity contribution in [2.45, 2.75) is 58.3 Å². The summed E-state index contributed by atoms with van der Waals surface area (Å²) in [5.74, 6) is 0. The van der Waals surface area contributed by atoms with E-state index >= 15 is 0 Å². The van der Waals surface area contributed by atoms with E-state index in [0.29, 0.717) is 0 Å². The van der Waals surface area contributed by atoms with Crippen molar-refractivity contribution in [3.05, 3.63) is 12.2 Å².